The van der Waals surface area contributed by atoms with Gasteiger partial charge in [-0.05, 0) is 60.2 Å². The van der Waals surface area contributed by atoms with Crippen LogP contribution in [0.3, 0.4) is 0 Å². The first-order chi connectivity index (χ1) is 51.3. The molecule has 14 aromatic carbocycles. The highest BCUT2D eigenvalue weighted by Gasteiger charge is 2.24. The van der Waals surface area contributed by atoms with Gasteiger partial charge >= 0.3 is 7.12 Å². The third-order valence-corrected chi connectivity index (χ3v) is 19.4. The first-order valence-corrected chi connectivity index (χ1v) is 34.9. The van der Waals surface area contributed by atoms with Crippen molar-refractivity contribution in [2.45, 2.75) is 0 Å². The smallest absolute Gasteiger partial charge is 0.454 e. The van der Waals surface area contributed by atoms with Crippen molar-refractivity contribution in [2.24, 2.45) is 0 Å². The van der Waals surface area contributed by atoms with E-state index >= 15 is 0 Å². The molecule has 0 aliphatic carbocycles. The Morgan fingerprint density at radius 2 is 0.538 bits per heavy atom. The summed E-state index contributed by atoms with van der Waals surface area (Å²) >= 11 is 3.52. The second kappa shape index (κ2) is 27.0. The Hall–Kier alpha value is -13.2. The molecule has 0 spiro atoms. The first-order valence-electron chi connectivity index (χ1n) is 34.2. The van der Waals surface area contributed by atoms with Crippen LogP contribution in [-0.2, 0) is 0 Å². The number of fused-ring (bicyclic) bond motifs is 12. The zero-order valence-electron chi connectivity index (χ0n) is 55.6. The Balaban J connectivity index is 0.000000121. The fourth-order valence-corrected chi connectivity index (χ4v) is 14.5. The SMILES string of the molecule is Brc1cccc(-c2nc(-c3ccccc3)nc(-c3ccccc3)n2)c1.OB(O)c1cccc2c1oc1c(-n3c4ccccc4c4ccccc43)cccc12.c1ccc(-c2nc(-c3ccccc3)nc(-c3cccc(-c4cccc5c4oc4c(-n6c7ccccc7c7ccccc76)cccc45)c3)n2)cc1. The van der Waals surface area contributed by atoms with E-state index in [1.165, 1.54) is 21.5 Å². The van der Waals surface area contributed by atoms with Crippen LogP contribution in [0.1, 0.15) is 0 Å². The van der Waals surface area contributed by atoms with Crippen molar-refractivity contribution in [1.82, 2.24) is 39.0 Å². The van der Waals surface area contributed by atoms with Crippen molar-refractivity contribution in [1.29, 1.82) is 0 Å². The van der Waals surface area contributed by atoms with Crippen LogP contribution in [0.5, 0.6) is 0 Å². The molecule has 0 saturated heterocycles. The van der Waals surface area contributed by atoms with Crippen molar-refractivity contribution in [2.75, 3.05) is 0 Å². The standard InChI is InChI=1S/C45H28N4O.C24H16BNO3.C21H14BrN3/c1-3-14-29(15-4-1)43-46-44(30-16-5-2-6-17-30)48-45(47-43)32-19-11-18-31(28-32)33-22-12-23-36-37-24-13-27-40(42(37)50-41(33)36)49-38-25-9-7-20-34(38)35-21-8-10-26-39(35)49;27-25(28)19-11-5-9-17-18-10-6-14-22(24(18)29-23(17)19)26-20-12-3-1-7-15(20)16-8-2-4-13-21(16)26;22-18-13-7-12-17(14-18)21-24-19(15-8-3-1-4-9-15)23-20(25-21)16-10-5-2-6-11-16/h1-28H;1-14,27-28H;1-14H. The van der Waals surface area contributed by atoms with Gasteiger partial charge in [-0.1, -0.05) is 301 Å². The molecule has 104 heavy (non-hydrogen) atoms. The summed E-state index contributed by atoms with van der Waals surface area (Å²) in [5.41, 5.74) is 17.4. The maximum absolute atomic E-state index is 9.77. The third kappa shape index (κ3) is 11.6. The summed E-state index contributed by atoms with van der Waals surface area (Å²) in [5.74, 6) is 3.89. The summed E-state index contributed by atoms with van der Waals surface area (Å²) < 4.78 is 18.7. The molecule has 0 aliphatic rings. The first kappa shape index (κ1) is 63.0. The summed E-state index contributed by atoms with van der Waals surface area (Å²) in [5, 5.41) is 28.3. The molecule has 0 bridgehead atoms. The number of aromatic nitrogens is 8. The molecule has 492 valence electrons. The van der Waals surface area contributed by atoms with Crippen LogP contribution in [0.15, 0.2) is 353 Å². The van der Waals surface area contributed by atoms with Gasteiger partial charge in [0.25, 0.3) is 0 Å². The van der Waals surface area contributed by atoms with Gasteiger partial charge in [-0.15, -0.1) is 0 Å². The van der Waals surface area contributed by atoms with Crippen molar-refractivity contribution < 1.29 is 18.9 Å². The zero-order chi connectivity index (χ0) is 69.6. The Morgan fingerprint density at radius 1 is 0.250 bits per heavy atom. The van der Waals surface area contributed by atoms with Gasteiger partial charge in [0.1, 0.15) is 11.2 Å². The highest BCUT2D eigenvalue weighted by molar-refractivity contribution is 9.10. The molecule has 20 aromatic rings. The van der Waals surface area contributed by atoms with Crippen molar-refractivity contribution in [3.8, 4) is 90.8 Å². The number of benzene rings is 14. The van der Waals surface area contributed by atoms with Crippen molar-refractivity contribution >= 4 is 116 Å². The zero-order valence-corrected chi connectivity index (χ0v) is 57.2. The lowest BCUT2D eigenvalue weighted by Gasteiger charge is -2.10. The Kier molecular flexibility index (Phi) is 16.4. The molecular formula is C90H58BBrN8O4. The van der Waals surface area contributed by atoms with Gasteiger partial charge < -0.3 is 28.0 Å². The monoisotopic (exact) mass is 1400 g/mol. The average molecular weight is 1410 g/mol. The summed E-state index contributed by atoms with van der Waals surface area (Å²) in [7, 11) is -1.59. The van der Waals surface area contributed by atoms with Crippen LogP contribution in [0.4, 0.5) is 0 Å². The third-order valence-electron chi connectivity index (χ3n) is 18.9. The van der Waals surface area contributed by atoms with Crippen LogP contribution in [0.25, 0.3) is 178 Å². The minimum absolute atomic E-state index is 0.367. The van der Waals surface area contributed by atoms with Gasteiger partial charge in [-0.2, -0.15) is 0 Å². The van der Waals surface area contributed by atoms with Gasteiger partial charge in [0.2, 0.25) is 0 Å². The molecule has 0 unspecified atom stereocenters. The van der Waals surface area contributed by atoms with E-state index < -0.39 is 7.12 Å². The van der Waals surface area contributed by atoms with Gasteiger partial charge in [0, 0.05) is 92.0 Å². The van der Waals surface area contributed by atoms with E-state index in [1.807, 2.05) is 188 Å². The number of para-hydroxylation sites is 8. The minimum atomic E-state index is -1.59. The van der Waals surface area contributed by atoms with E-state index in [0.29, 0.717) is 46.0 Å². The lowest BCUT2D eigenvalue weighted by molar-refractivity contribution is 0.425. The molecule has 0 atom stereocenters. The van der Waals surface area contributed by atoms with Gasteiger partial charge in [-0.25, -0.2) is 29.9 Å². The van der Waals surface area contributed by atoms with E-state index in [1.54, 1.807) is 6.07 Å². The molecule has 14 heteroatoms. The molecule has 0 aliphatic heterocycles. The molecule has 0 amide bonds. The molecule has 6 heterocycles. The van der Waals surface area contributed by atoms with Crippen LogP contribution in [0, 0.1) is 0 Å². The predicted octanol–water partition coefficient (Wildman–Crippen LogP) is 21.5. The minimum Gasteiger partial charge on any atom is -0.454 e. The molecule has 20 rings (SSSR count). The van der Waals surface area contributed by atoms with E-state index in [-0.39, 0.29) is 0 Å². The maximum Gasteiger partial charge on any atom is 0.492 e. The van der Waals surface area contributed by atoms with Crippen molar-refractivity contribution in [3.63, 3.8) is 0 Å². The average Bonchev–Trinajstić information content (AvgIpc) is 1.58. The molecule has 0 fully saturated rings. The summed E-state index contributed by atoms with van der Waals surface area (Å²) in [4.78, 5) is 28.9. The van der Waals surface area contributed by atoms with Crippen molar-refractivity contribution in [3.05, 3.63) is 344 Å². The number of halogens is 1. The van der Waals surface area contributed by atoms with E-state index in [9.17, 15) is 10.0 Å². The van der Waals surface area contributed by atoms with Gasteiger partial charge in [0.15, 0.2) is 46.1 Å². The highest BCUT2D eigenvalue weighted by Crippen LogP contribution is 2.43. The number of hydrogen-bond donors (Lipinski definition) is 2. The highest BCUT2D eigenvalue weighted by atomic mass is 79.9. The lowest BCUT2D eigenvalue weighted by Crippen LogP contribution is -2.29. The topological polar surface area (TPSA) is 154 Å². The second-order valence-corrected chi connectivity index (χ2v) is 26.1. The van der Waals surface area contributed by atoms with Gasteiger partial charge in [0.05, 0.1) is 33.4 Å². The normalized spacial score (nSPS) is 11.4. The Labute approximate surface area is 605 Å². The molecule has 6 aromatic heterocycles. The number of hydrogen-bond acceptors (Lipinski definition) is 10. The Bertz CT molecular complexity index is 6400. The van der Waals surface area contributed by atoms with E-state index in [2.05, 4.69) is 176 Å². The molecule has 0 radical (unpaired) electrons. The lowest BCUT2D eigenvalue weighted by atomic mass is 9.79. The fraction of sp³-hybridized carbons (Fsp3) is 0. The largest absolute Gasteiger partial charge is 0.492 e. The predicted molar refractivity (Wildman–Crippen MR) is 425 cm³/mol. The van der Waals surface area contributed by atoms with Crippen LogP contribution in [-0.4, -0.2) is 56.2 Å². The summed E-state index contributed by atoms with van der Waals surface area (Å²) in [6, 6.07) is 115. The van der Waals surface area contributed by atoms with E-state index in [0.717, 1.165) is 121 Å². The number of nitrogens with zero attached hydrogens (tertiary/aromatic N) is 8. The summed E-state index contributed by atoms with van der Waals surface area (Å²) in [6.07, 6.45) is 0. The maximum atomic E-state index is 9.77. The van der Waals surface area contributed by atoms with E-state index in [4.69, 9.17) is 33.8 Å². The van der Waals surface area contributed by atoms with Crippen LogP contribution >= 0.6 is 15.9 Å². The van der Waals surface area contributed by atoms with Gasteiger partial charge in [-0.3, -0.25) is 0 Å². The van der Waals surface area contributed by atoms with Crippen LogP contribution < -0.4 is 5.46 Å². The molecule has 0 saturated carbocycles. The molecule has 12 nitrogen and oxygen atoms in total. The summed E-state index contributed by atoms with van der Waals surface area (Å²) in [6.45, 7) is 0. The molecular weight excluding hydrogens is 1350 g/mol. The molecule has 2 N–H and O–H groups in total. The Morgan fingerprint density at radius 3 is 0.942 bits per heavy atom. The number of furan rings is 2. The quantitative estimate of drug-likeness (QED) is 0.127. The second-order valence-electron chi connectivity index (χ2n) is 25.2. The van der Waals surface area contributed by atoms with Crippen LogP contribution in [0.2, 0.25) is 0 Å². The number of rotatable bonds is 10. The fourth-order valence-electron chi connectivity index (χ4n) is 14.1.